The number of rotatable bonds is 8. The van der Waals surface area contributed by atoms with E-state index in [1.807, 2.05) is 0 Å². The molecule has 0 bridgehead atoms. The first-order valence-electron chi connectivity index (χ1n) is 7.82. The summed E-state index contributed by atoms with van der Waals surface area (Å²) in [7, 11) is 0. The highest BCUT2D eigenvalue weighted by molar-refractivity contribution is 7.15. The highest BCUT2D eigenvalue weighted by atomic mass is 32.1. The number of imidazole rings is 1. The molecule has 0 aliphatic rings. The van der Waals surface area contributed by atoms with Crippen molar-refractivity contribution < 1.29 is 0 Å². The first-order valence-corrected chi connectivity index (χ1v) is 8.70. The number of unbranched alkanes of at least 4 members (excludes halogenated alkanes) is 1. The fourth-order valence-corrected chi connectivity index (χ4v) is 3.69. The van der Waals surface area contributed by atoms with Crippen molar-refractivity contribution in [3.63, 3.8) is 0 Å². The molecular weight excluding hydrogens is 266 g/mol. The summed E-state index contributed by atoms with van der Waals surface area (Å²) in [6.07, 6.45) is 6.40. The van der Waals surface area contributed by atoms with E-state index in [1.165, 1.54) is 43.5 Å². The molecule has 1 unspecified atom stereocenters. The summed E-state index contributed by atoms with van der Waals surface area (Å²) in [6.45, 7) is 9.75. The zero-order valence-electron chi connectivity index (χ0n) is 13.2. The van der Waals surface area contributed by atoms with Crippen molar-refractivity contribution >= 4 is 16.3 Å². The maximum Gasteiger partial charge on any atom is 0.194 e. The highest BCUT2D eigenvalue weighted by Gasteiger charge is 2.14. The van der Waals surface area contributed by atoms with Gasteiger partial charge in [-0.2, -0.15) is 0 Å². The van der Waals surface area contributed by atoms with Crippen molar-refractivity contribution in [2.75, 3.05) is 0 Å². The molecular formula is C16H27N3S. The summed E-state index contributed by atoms with van der Waals surface area (Å²) in [6, 6.07) is 0.642. The van der Waals surface area contributed by atoms with Gasteiger partial charge in [0.05, 0.1) is 11.4 Å². The van der Waals surface area contributed by atoms with Gasteiger partial charge < -0.3 is 5.32 Å². The number of hydrogen-bond donors (Lipinski definition) is 1. The Balaban J connectivity index is 2.06. The summed E-state index contributed by atoms with van der Waals surface area (Å²) in [5.74, 6) is 0. The van der Waals surface area contributed by atoms with Crippen molar-refractivity contribution in [3.8, 4) is 0 Å². The van der Waals surface area contributed by atoms with Gasteiger partial charge in [-0.15, -0.1) is 11.3 Å². The van der Waals surface area contributed by atoms with E-state index in [0.717, 1.165) is 17.2 Å². The van der Waals surface area contributed by atoms with E-state index in [1.54, 1.807) is 11.3 Å². The highest BCUT2D eigenvalue weighted by Crippen LogP contribution is 2.20. The molecule has 2 aromatic heterocycles. The molecule has 0 amide bonds. The molecule has 2 rings (SSSR count). The number of thiazole rings is 1. The van der Waals surface area contributed by atoms with Gasteiger partial charge in [-0.05, 0) is 26.7 Å². The van der Waals surface area contributed by atoms with Crippen LogP contribution in [0.25, 0.3) is 4.96 Å². The van der Waals surface area contributed by atoms with Crippen molar-refractivity contribution in [2.24, 2.45) is 0 Å². The second kappa shape index (κ2) is 7.23. The van der Waals surface area contributed by atoms with Gasteiger partial charge in [0, 0.05) is 23.7 Å². The van der Waals surface area contributed by atoms with E-state index < -0.39 is 0 Å². The van der Waals surface area contributed by atoms with Gasteiger partial charge in [0.1, 0.15) is 0 Å². The fraction of sp³-hybridized carbons (Fsp3) is 0.688. The van der Waals surface area contributed by atoms with Gasteiger partial charge in [-0.3, -0.25) is 4.40 Å². The van der Waals surface area contributed by atoms with Gasteiger partial charge in [-0.25, -0.2) is 4.98 Å². The number of nitrogens with zero attached hydrogens (tertiary/aromatic N) is 2. The van der Waals surface area contributed by atoms with Crippen molar-refractivity contribution in [1.29, 1.82) is 0 Å². The number of fused-ring (bicyclic) bond motifs is 1. The van der Waals surface area contributed by atoms with Crippen LogP contribution in [0.3, 0.4) is 0 Å². The minimum Gasteiger partial charge on any atom is -0.308 e. The third-order valence-corrected chi connectivity index (χ3v) is 4.87. The average molecular weight is 293 g/mol. The van der Waals surface area contributed by atoms with Crippen LogP contribution in [0, 0.1) is 13.8 Å². The van der Waals surface area contributed by atoms with Crippen molar-refractivity contribution in [3.05, 3.63) is 22.5 Å². The summed E-state index contributed by atoms with van der Waals surface area (Å²) < 4.78 is 2.30. The molecule has 0 radical (unpaired) electrons. The molecule has 2 aromatic rings. The van der Waals surface area contributed by atoms with E-state index in [4.69, 9.17) is 0 Å². The normalized spacial score (nSPS) is 13.2. The van der Waals surface area contributed by atoms with Gasteiger partial charge in [0.15, 0.2) is 4.96 Å². The van der Waals surface area contributed by atoms with Crippen LogP contribution < -0.4 is 5.32 Å². The third-order valence-electron chi connectivity index (χ3n) is 3.93. The molecule has 0 saturated carbocycles. The predicted molar refractivity (Wildman–Crippen MR) is 87.6 cm³/mol. The number of nitrogens with one attached hydrogen (secondary N) is 1. The Bertz CT molecular complexity index is 541. The van der Waals surface area contributed by atoms with Gasteiger partial charge in [0.25, 0.3) is 0 Å². The van der Waals surface area contributed by atoms with Gasteiger partial charge in [0.2, 0.25) is 0 Å². The molecule has 1 atom stereocenters. The summed E-state index contributed by atoms with van der Waals surface area (Å²) in [5.41, 5.74) is 3.79. The van der Waals surface area contributed by atoms with E-state index in [0.29, 0.717) is 6.04 Å². The number of hydrogen-bond acceptors (Lipinski definition) is 3. The smallest absolute Gasteiger partial charge is 0.194 e. The molecule has 0 fully saturated rings. The van der Waals surface area contributed by atoms with Crippen molar-refractivity contribution in [2.45, 2.75) is 72.4 Å². The zero-order chi connectivity index (χ0) is 14.5. The van der Waals surface area contributed by atoms with E-state index >= 15 is 0 Å². The van der Waals surface area contributed by atoms with Crippen LogP contribution >= 0.6 is 11.3 Å². The molecule has 0 spiro atoms. The van der Waals surface area contributed by atoms with Crippen LogP contribution in [0.4, 0.5) is 0 Å². The lowest BCUT2D eigenvalue weighted by molar-refractivity contribution is 0.430. The zero-order valence-corrected chi connectivity index (χ0v) is 14.0. The molecule has 1 N–H and O–H groups in total. The minimum absolute atomic E-state index is 0.642. The molecule has 0 saturated heterocycles. The molecule has 2 heterocycles. The van der Waals surface area contributed by atoms with Crippen LogP contribution in [0.1, 0.15) is 63.0 Å². The quantitative estimate of drug-likeness (QED) is 0.778. The van der Waals surface area contributed by atoms with Crippen LogP contribution in [-0.2, 0) is 6.54 Å². The first kappa shape index (κ1) is 15.5. The minimum atomic E-state index is 0.642. The van der Waals surface area contributed by atoms with E-state index in [2.05, 4.69) is 47.8 Å². The number of aromatic nitrogens is 2. The Hall–Kier alpha value is -0.870. The largest absolute Gasteiger partial charge is 0.308 e. The average Bonchev–Trinajstić information content (AvgIpc) is 2.93. The van der Waals surface area contributed by atoms with Crippen LogP contribution in [0.5, 0.6) is 0 Å². The molecule has 4 heteroatoms. The predicted octanol–water partition coefficient (Wildman–Crippen LogP) is 4.46. The lowest BCUT2D eigenvalue weighted by atomic mass is 10.1. The Morgan fingerprint density at radius 1 is 1.25 bits per heavy atom. The van der Waals surface area contributed by atoms with E-state index in [9.17, 15) is 0 Å². The monoisotopic (exact) mass is 293 g/mol. The Labute approximate surface area is 126 Å². The summed E-state index contributed by atoms with van der Waals surface area (Å²) in [4.78, 5) is 5.78. The topological polar surface area (TPSA) is 29.3 Å². The van der Waals surface area contributed by atoms with Crippen molar-refractivity contribution in [1.82, 2.24) is 14.7 Å². The van der Waals surface area contributed by atoms with Crippen LogP contribution in [0.2, 0.25) is 0 Å². The Kier molecular flexibility index (Phi) is 5.61. The van der Waals surface area contributed by atoms with Crippen LogP contribution in [0.15, 0.2) is 5.38 Å². The maximum atomic E-state index is 4.66. The lowest BCUT2D eigenvalue weighted by Gasteiger charge is -2.18. The molecule has 0 aromatic carbocycles. The summed E-state index contributed by atoms with van der Waals surface area (Å²) in [5, 5.41) is 5.94. The van der Waals surface area contributed by atoms with Gasteiger partial charge in [-0.1, -0.05) is 33.1 Å². The molecule has 112 valence electrons. The summed E-state index contributed by atoms with van der Waals surface area (Å²) >= 11 is 1.73. The lowest BCUT2D eigenvalue weighted by Crippen LogP contribution is -2.29. The molecule has 20 heavy (non-hydrogen) atoms. The van der Waals surface area contributed by atoms with Crippen LogP contribution in [-0.4, -0.2) is 15.4 Å². The third kappa shape index (κ3) is 3.41. The van der Waals surface area contributed by atoms with E-state index in [-0.39, 0.29) is 0 Å². The first-order chi connectivity index (χ1) is 9.67. The second-order valence-electron chi connectivity index (χ2n) is 5.65. The fourth-order valence-electron chi connectivity index (χ4n) is 2.76. The molecule has 0 aliphatic carbocycles. The second-order valence-corrected chi connectivity index (χ2v) is 6.48. The Morgan fingerprint density at radius 2 is 2.05 bits per heavy atom. The Morgan fingerprint density at radius 3 is 2.75 bits per heavy atom. The SMILES string of the molecule is CCCCC(CCC)NCc1c(C)nc2scc(C)n12. The molecule has 0 aliphatic heterocycles. The maximum absolute atomic E-state index is 4.66. The molecule has 3 nitrogen and oxygen atoms in total. The van der Waals surface area contributed by atoms with Gasteiger partial charge >= 0.3 is 0 Å². The standard InChI is InChI=1S/C16H27N3S/c1-5-7-9-14(8-6-2)17-10-15-13(4)18-16-19(15)12(3)11-20-16/h11,14,17H,5-10H2,1-4H3. The number of aryl methyl sites for hydroxylation is 2.